The van der Waals surface area contributed by atoms with Gasteiger partial charge in [0.05, 0.1) is 15.9 Å². The van der Waals surface area contributed by atoms with Crippen molar-refractivity contribution in [2.75, 3.05) is 6.54 Å². The number of hydrogen-bond acceptors (Lipinski definition) is 5. The van der Waals surface area contributed by atoms with Crippen LogP contribution in [-0.4, -0.2) is 16.4 Å². The Balaban J connectivity index is 2.09. The van der Waals surface area contributed by atoms with E-state index >= 15 is 0 Å². The lowest BCUT2D eigenvalue weighted by molar-refractivity contribution is -0.394. The van der Waals surface area contributed by atoms with Crippen LogP contribution in [0, 0.1) is 25.6 Å². The minimum absolute atomic E-state index is 0.206. The lowest BCUT2D eigenvalue weighted by atomic mass is 10.1. The first-order valence-electron chi connectivity index (χ1n) is 6.04. The van der Waals surface area contributed by atoms with Crippen molar-refractivity contribution in [1.29, 1.82) is 0 Å². The molecule has 0 atom stereocenters. The Labute approximate surface area is 109 Å². The molecule has 0 aromatic heterocycles. The summed E-state index contributed by atoms with van der Waals surface area (Å²) in [7, 11) is 0. The average Bonchev–Trinajstić information content (AvgIpc) is 3.07. The SMILES string of the molecule is CC1(CNCc2ccc([N+](=O)[O-])cc2[N+](=O)[O-])CC1. The zero-order valence-corrected chi connectivity index (χ0v) is 10.6. The van der Waals surface area contributed by atoms with Gasteiger partial charge in [0.1, 0.15) is 0 Å². The molecule has 0 unspecified atom stereocenters. The second kappa shape index (κ2) is 4.93. The van der Waals surface area contributed by atoms with E-state index in [2.05, 4.69) is 12.2 Å². The molecule has 0 heterocycles. The van der Waals surface area contributed by atoms with E-state index in [0.717, 1.165) is 12.6 Å². The van der Waals surface area contributed by atoms with Gasteiger partial charge < -0.3 is 5.32 Å². The largest absolute Gasteiger partial charge is 0.312 e. The van der Waals surface area contributed by atoms with Crippen LogP contribution in [0.4, 0.5) is 11.4 Å². The number of nitrogens with one attached hydrogen (secondary N) is 1. The Kier molecular flexibility index (Phi) is 3.48. The van der Waals surface area contributed by atoms with Gasteiger partial charge in [-0.1, -0.05) is 6.92 Å². The Bertz CT molecular complexity index is 526. The van der Waals surface area contributed by atoms with Crippen molar-refractivity contribution in [2.45, 2.75) is 26.3 Å². The summed E-state index contributed by atoms with van der Waals surface area (Å²) < 4.78 is 0. The van der Waals surface area contributed by atoms with Crippen molar-refractivity contribution < 1.29 is 9.85 Å². The maximum Gasteiger partial charge on any atom is 0.280 e. The highest BCUT2D eigenvalue weighted by Gasteiger charge is 2.36. The molecule has 0 amide bonds. The number of non-ortho nitro benzene ring substituents is 1. The molecule has 7 nitrogen and oxygen atoms in total. The predicted octanol–water partition coefficient (Wildman–Crippen LogP) is 2.39. The van der Waals surface area contributed by atoms with Crippen LogP contribution in [-0.2, 0) is 6.54 Å². The fraction of sp³-hybridized carbons (Fsp3) is 0.500. The van der Waals surface area contributed by atoms with E-state index in [0.29, 0.717) is 17.5 Å². The average molecular weight is 265 g/mol. The van der Waals surface area contributed by atoms with Crippen LogP contribution in [0.25, 0.3) is 0 Å². The van der Waals surface area contributed by atoms with Crippen molar-refractivity contribution in [3.05, 3.63) is 44.0 Å². The van der Waals surface area contributed by atoms with Crippen LogP contribution in [0.3, 0.4) is 0 Å². The third-order valence-electron chi connectivity index (χ3n) is 3.45. The zero-order chi connectivity index (χ0) is 14.0. The molecule has 7 heteroatoms. The molecule has 0 aliphatic heterocycles. The second-order valence-electron chi connectivity index (χ2n) is 5.24. The Morgan fingerprint density at radius 2 is 1.95 bits per heavy atom. The summed E-state index contributed by atoms with van der Waals surface area (Å²) in [6.07, 6.45) is 2.34. The second-order valence-corrected chi connectivity index (χ2v) is 5.24. The highest BCUT2D eigenvalue weighted by Crippen LogP contribution is 2.44. The molecular formula is C12H15N3O4. The first-order chi connectivity index (χ1) is 8.91. The van der Waals surface area contributed by atoms with Crippen molar-refractivity contribution in [2.24, 2.45) is 5.41 Å². The van der Waals surface area contributed by atoms with E-state index in [1.807, 2.05) is 0 Å². The molecule has 1 aliphatic rings. The van der Waals surface area contributed by atoms with Crippen LogP contribution < -0.4 is 5.32 Å². The minimum atomic E-state index is -0.630. The summed E-state index contributed by atoms with van der Waals surface area (Å²) in [6.45, 7) is 3.31. The minimum Gasteiger partial charge on any atom is -0.312 e. The molecule has 1 aromatic carbocycles. The molecular weight excluding hydrogens is 250 g/mol. The van der Waals surface area contributed by atoms with Crippen LogP contribution in [0.2, 0.25) is 0 Å². The van der Waals surface area contributed by atoms with E-state index in [4.69, 9.17) is 0 Å². The van der Waals surface area contributed by atoms with Gasteiger partial charge in [0.2, 0.25) is 0 Å². The van der Waals surface area contributed by atoms with Gasteiger partial charge in [0, 0.05) is 24.7 Å². The Hall–Kier alpha value is -2.02. The van der Waals surface area contributed by atoms with Gasteiger partial charge >= 0.3 is 0 Å². The number of hydrogen-bond donors (Lipinski definition) is 1. The van der Waals surface area contributed by atoms with Gasteiger partial charge in [-0.2, -0.15) is 0 Å². The summed E-state index contributed by atoms with van der Waals surface area (Å²) in [5, 5.41) is 24.7. The third kappa shape index (κ3) is 3.25. The van der Waals surface area contributed by atoms with Crippen LogP contribution >= 0.6 is 0 Å². The van der Waals surface area contributed by atoms with E-state index in [1.54, 1.807) is 0 Å². The smallest absolute Gasteiger partial charge is 0.280 e. The van der Waals surface area contributed by atoms with E-state index < -0.39 is 9.85 Å². The van der Waals surface area contributed by atoms with Crippen molar-refractivity contribution in [1.82, 2.24) is 5.32 Å². The van der Waals surface area contributed by atoms with Gasteiger partial charge in [0.15, 0.2) is 0 Å². The highest BCUT2D eigenvalue weighted by atomic mass is 16.6. The van der Waals surface area contributed by atoms with E-state index in [1.165, 1.54) is 25.0 Å². The number of rotatable bonds is 6. The van der Waals surface area contributed by atoms with Crippen LogP contribution in [0.15, 0.2) is 18.2 Å². The van der Waals surface area contributed by atoms with E-state index in [-0.39, 0.29) is 11.4 Å². The van der Waals surface area contributed by atoms with Crippen LogP contribution in [0.1, 0.15) is 25.3 Å². The van der Waals surface area contributed by atoms with Crippen molar-refractivity contribution in [3.63, 3.8) is 0 Å². The monoisotopic (exact) mass is 265 g/mol. The number of nitrogens with zero attached hydrogens (tertiary/aromatic N) is 2. The molecule has 0 saturated heterocycles. The van der Waals surface area contributed by atoms with Gasteiger partial charge in [-0.3, -0.25) is 20.2 Å². The quantitative estimate of drug-likeness (QED) is 0.629. The van der Waals surface area contributed by atoms with Crippen molar-refractivity contribution in [3.8, 4) is 0 Å². The molecule has 1 fully saturated rings. The lowest BCUT2D eigenvalue weighted by Crippen LogP contribution is -2.22. The lowest BCUT2D eigenvalue weighted by Gasteiger charge is -2.10. The number of nitro benzene ring substituents is 2. The summed E-state index contributed by atoms with van der Waals surface area (Å²) in [4.78, 5) is 20.3. The third-order valence-corrected chi connectivity index (χ3v) is 3.45. The number of benzene rings is 1. The van der Waals surface area contributed by atoms with Gasteiger partial charge in [-0.15, -0.1) is 0 Å². The molecule has 1 saturated carbocycles. The number of nitro groups is 2. The topological polar surface area (TPSA) is 98.3 Å². The zero-order valence-electron chi connectivity index (χ0n) is 10.6. The standard InChI is InChI=1S/C12H15N3O4/c1-12(4-5-12)8-13-7-9-2-3-10(14(16)17)6-11(9)15(18)19/h2-3,6,13H,4-5,7-8H2,1H3. The van der Waals surface area contributed by atoms with Crippen molar-refractivity contribution >= 4 is 11.4 Å². The highest BCUT2D eigenvalue weighted by molar-refractivity contribution is 5.49. The van der Waals surface area contributed by atoms with Gasteiger partial charge in [0.25, 0.3) is 11.4 Å². The summed E-state index contributed by atoms with van der Waals surface area (Å²) in [5.74, 6) is 0. The first kappa shape index (κ1) is 13.4. The fourth-order valence-corrected chi connectivity index (χ4v) is 1.87. The normalized spacial score (nSPS) is 16.1. The maximum atomic E-state index is 10.9. The molecule has 2 rings (SSSR count). The molecule has 0 bridgehead atoms. The summed E-state index contributed by atoms with van der Waals surface area (Å²) >= 11 is 0. The fourth-order valence-electron chi connectivity index (χ4n) is 1.87. The molecule has 1 aromatic rings. The molecule has 1 aliphatic carbocycles. The van der Waals surface area contributed by atoms with Gasteiger partial charge in [-0.25, -0.2) is 0 Å². The molecule has 19 heavy (non-hydrogen) atoms. The molecule has 102 valence electrons. The molecule has 0 spiro atoms. The molecule has 0 radical (unpaired) electrons. The van der Waals surface area contributed by atoms with Crippen LogP contribution in [0.5, 0.6) is 0 Å². The summed E-state index contributed by atoms with van der Waals surface area (Å²) in [5.41, 5.74) is 0.322. The first-order valence-corrected chi connectivity index (χ1v) is 6.04. The molecule has 1 N–H and O–H groups in total. The maximum absolute atomic E-state index is 10.9. The van der Waals surface area contributed by atoms with E-state index in [9.17, 15) is 20.2 Å². The predicted molar refractivity (Wildman–Crippen MR) is 68.8 cm³/mol. The Morgan fingerprint density at radius 1 is 1.26 bits per heavy atom. The Morgan fingerprint density at radius 3 is 2.47 bits per heavy atom. The summed E-state index contributed by atoms with van der Waals surface area (Å²) in [6, 6.07) is 3.75. The van der Waals surface area contributed by atoms with Gasteiger partial charge in [-0.05, 0) is 24.3 Å².